The molecular formula is C17H23ClN2O4. The number of nitrogens with zero attached hydrogens (tertiary/aromatic N) is 1. The quantitative estimate of drug-likeness (QED) is 0.709. The van der Waals surface area contributed by atoms with E-state index < -0.39 is 5.54 Å². The van der Waals surface area contributed by atoms with E-state index in [0.29, 0.717) is 31.0 Å². The van der Waals surface area contributed by atoms with Crippen LogP contribution in [0.15, 0.2) is 24.3 Å². The van der Waals surface area contributed by atoms with Gasteiger partial charge in [0, 0.05) is 24.5 Å². The number of halogens is 1. The summed E-state index contributed by atoms with van der Waals surface area (Å²) >= 11 is 5.86. The number of piperidine rings is 1. The molecule has 1 aromatic carbocycles. The summed E-state index contributed by atoms with van der Waals surface area (Å²) in [6.45, 7) is 1.62. The van der Waals surface area contributed by atoms with Gasteiger partial charge in [-0.3, -0.25) is 9.59 Å². The van der Waals surface area contributed by atoms with E-state index in [1.165, 1.54) is 0 Å². The van der Waals surface area contributed by atoms with Crippen LogP contribution in [0.2, 0.25) is 5.02 Å². The predicted octanol–water partition coefficient (Wildman–Crippen LogP) is 0.938. The van der Waals surface area contributed by atoms with Crippen molar-refractivity contribution in [2.75, 3.05) is 19.8 Å². The van der Waals surface area contributed by atoms with Gasteiger partial charge in [0.25, 0.3) is 0 Å². The van der Waals surface area contributed by atoms with Crippen LogP contribution in [0.3, 0.4) is 0 Å². The van der Waals surface area contributed by atoms with E-state index in [1.807, 2.05) is 12.1 Å². The van der Waals surface area contributed by atoms with E-state index >= 15 is 0 Å². The minimum atomic E-state index is -1.06. The smallest absolute Gasteiger partial charge is 0.225 e. The first-order valence-electron chi connectivity index (χ1n) is 7.93. The fourth-order valence-electron chi connectivity index (χ4n) is 2.62. The van der Waals surface area contributed by atoms with Gasteiger partial charge >= 0.3 is 0 Å². The van der Waals surface area contributed by atoms with E-state index in [9.17, 15) is 19.8 Å². The maximum Gasteiger partial charge on any atom is 0.225 e. The molecule has 0 radical (unpaired) electrons. The van der Waals surface area contributed by atoms with Gasteiger partial charge in [0.05, 0.1) is 24.7 Å². The Morgan fingerprint density at radius 1 is 1.33 bits per heavy atom. The molecule has 3 N–H and O–H groups in total. The Morgan fingerprint density at radius 2 is 1.96 bits per heavy atom. The Morgan fingerprint density at radius 3 is 2.54 bits per heavy atom. The molecule has 1 atom stereocenters. The van der Waals surface area contributed by atoms with Gasteiger partial charge in [0.1, 0.15) is 0 Å². The lowest BCUT2D eigenvalue weighted by Crippen LogP contribution is -2.55. The minimum absolute atomic E-state index is 0.0149. The summed E-state index contributed by atoms with van der Waals surface area (Å²) in [5.41, 5.74) is -0.108. The average molecular weight is 355 g/mol. The number of benzene rings is 1. The summed E-state index contributed by atoms with van der Waals surface area (Å²) in [4.78, 5) is 26.2. The Labute approximate surface area is 146 Å². The van der Waals surface area contributed by atoms with E-state index in [4.69, 9.17) is 11.6 Å². The molecule has 2 rings (SSSR count). The normalized spacial score (nSPS) is 18.6. The molecule has 7 heteroatoms. The van der Waals surface area contributed by atoms with Crippen LogP contribution in [0.4, 0.5) is 0 Å². The molecule has 0 saturated carbocycles. The van der Waals surface area contributed by atoms with Crippen molar-refractivity contribution in [1.82, 2.24) is 10.2 Å². The second-order valence-corrected chi connectivity index (χ2v) is 6.94. The first kappa shape index (κ1) is 18.7. The molecule has 132 valence electrons. The third kappa shape index (κ3) is 4.69. The number of nitrogens with one attached hydrogen (secondary N) is 1. The largest absolute Gasteiger partial charge is 0.394 e. The number of amides is 2. The maximum atomic E-state index is 12.4. The summed E-state index contributed by atoms with van der Waals surface area (Å²) in [5.74, 6) is -0.595. The molecule has 0 spiro atoms. The third-order valence-corrected chi connectivity index (χ3v) is 4.53. The van der Waals surface area contributed by atoms with E-state index in [2.05, 4.69) is 5.32 Å². The van der Waals surface area contributed by atoms with Crippen molar-refractivity contribution in [2.45, 2.75) is 31.8 Å². The fraction of sp³-hybridized carbons (Fsp3) is 0.529. The van der Waals surface area contributed by atoms with Gasteiger partial charge in [-0.1, -0.05) is 23.7 Å². The molecule has 1 fully saturated rings. The van der Waals surface area contributed by atoms with Gasteiger partial charge in [0.15, 0.2) is 0 Å². The van der Waals surface area contributed by atoms with E-state index in [1.54, 1.807) is 24.0 Å². The van der Waals surface area contributed by atoms with Crippen LogP contribution in [-0.2, 0) is 16.1 Å². The zero-order valence-corrected chi connectivity index (χ0v) is 14.4. The zero-order chi connectivity index (χ0) is 17.7. The van der Waals surface area contributed by atoms with Crippen LogP contribution < -0.4 is 5.32 Å². The summed E-state index contributed by atoms with van der Waals surface area (Å²) < 4.78 is 0. The highest BCUT2D eigenvalue weighted by Gasteiger charge is 2.33. The molecule has 2 amide bonds. The molecule has 1 aromatic rings. The van der Waals surface area contributed by atoms with Crippen molar-refractivity contribution in [3.05, 3.63) is 34.9 Å². The Bertz CT molecular complexity index is 587. The highest BCUT2D eigenvalue weighted by molar-refractivity contribution is 6.30. The monoisotopic (exact) mass is 354 g/mol. The molecule has 0 aromatic heterocycles. The SMILES string of the molecule is CC(CO)(CO)NC(=O)C1CCC(=O)N(Cc2ccc(Cl)cc2)C1. The predicted molar refractivity (Wildman–Crippen MR) is 90.3 cm³/mol. The van der Waals surface area contributed by atoms with Gasteiger partial charge in [-0.2, -0.15) is 0 Å². The Hall–Kier alpha value is -1.63. The van der Waals surface area contributed by atoms with Crippen LogP contribution >= 0.6 is 11.6 Å². The van der Waals surface area contributed by atoms with Crippen molar-refractivity contribution in [3.8, 4) is 0 Å². The number of hydrogen-bond donors (Lipinski definition) is 3. The number of likely N-dealkylation sites (tertiary alicyclic amines) is 1. The first-order chi connectivity index (χ1) is 11.4. The number of carbonyl (C=O) groups excluding carboxylic acids is 2. The summed E-state index contributed by atoms with van der Waals surface area (Å²) in [7, 11) is 0. The van der Waals surface area contributed by atoms with Crippen LogP contribution in [0.5, 0.6) is 0 Å². The number of hydrogen-bond acceptors (Lipinski definition) is 4. The van der Waals surface area contributed by atoms with Crippen molar-refractivity contribution < 1.29 is 19.8 Å². The molecule has 1 heterocycles. The van der Waals surface area contributed by atoms with Crippen LogP contribution in [0, 0.1) is 5.92 Å². The molecule has 1 aliphatic rings. The second kappa shape index (κ2) is 7.96. The molecular weight excluding hydrogens is 332 g/mol. The molecule has 6 nitrogen and oxygen atoms in total. The standard InChI is InChI=1S/C17H23ClN2O4/c1-17(10-21,11-22)19-16(24)13-4-7-15(23)20(9-13)8-12-2-5-14(18)6-3-12/h2-3,5-6,13,21-22H,4,7-11H2,1H3,(H,19,24). The molecule has 0 bridgehead atoms. The summed E-state index contributed by atoms with van der Waals surface area (Å²) in [5, 5.41) is 21.9. The van der Waals surface area contributed by atoms with Gasteiger partial charge in [-0.25, -0.2) is 0 Å². The van der Waals surface area contributed by atoms with Crippen molar-refractivity contribution in [1.29, 1.82) is 0 Å². The lowest BCUT2D eigenvalue weighted by atomic mass is 9.94. The highest BCUT2D eigenvalue weighted by Crippen LogP contribution is 2.21. The molecule has 24 heavy (non-hydrogen) atoms. The third-order valence-electron chi connectivity index (χ3n) is 4.28. The highest BCUT2D eigenvalue weighted by atomic mass is 35.5. The molecule has 0 aliphatic carbocycles. The Kier molecular flexibility index (Phi) is 6.21. The van der Waals surface area contributed by atoms with Crippen molar-refractivity contribution >= 4 is 23.4 Å². The summed E-state index contributed by atoms with van der Waals surface area (Å²) in [6.07, 6.45) is 0.773. The van der Waals surface area contributed by atoms with Gasteiger partial charge in [0.2, 0.25) is 11.8 Å². The fourth-order valence-corrected chi connectivity index (χ4v) is 2.75. The molecule has 1 unspecified atom stereocenters. The lowest BCUT2D eigenvalue weighted by Gasteiger charge is -2.34. The Balaban J connectivity index is 2.00. The second-order valence-electron chi connectivity index (χ2n) is 6.50. The van der Waals surface area contributed by atoms with Crippen LogP contribution in [-0.4, -0.2) is 52.2 Å². The number of aliphatic hydroxyl groups excluding tert-OH is 2. The number of rotatable bonds is 6. The van der Waals surface area contributed by atoms with E-state index in [0.717, 1.165) is 5.56 Å². The van der Waals surface area contributed by atoms with Crippen molar-refractivity contribution in [2.24, 2.45) is 5.92 Å². The van der Waals surface area contributed by atoms with Crippen LogP contribution in [0.25, 0.3) is 0 Å². The topological polar surface area (TPSA) is 89.9 Å². The van der Waals surface area contributed by atoms with E-state index in [-0.39, 0.29) is 30.9 Å². The molecule has 1 aliphatic heterocycles. The lowest BCUT2D eigenvalue weighted by molar-refractivity contribution is -0.139. The molecule has 1 saturated heterocycles. The number of carbonyl (C=O) groups is 2. The minimum Gasteiger partial charge on any atom is -0.394 e. The number of aliphatic hydroxyl groups is 2. The maximum absolute atomic E-state index is 12.4. The van der Waals surface area contributed by atoms with Crippen LogP contribution in [0.1, 0.15) is 25.3 Å². The van der Waals surface area contributed by atoms with Crippen molar-refractivity contribution in [3.63, 3.8) is 0 Å². The first-order valence-corrected chi connectivity index (χ1v) is 8.30. The average Bonchev–Trinajstić information content (AvgIpc) is 2.58. The van der Waals surface area contributed by atoms with Gasteiger partial charge in [-0.05, 0) is 31.0 Å². The van der Waals surface area contributed by atoms with Gasteiger partial charge < -0.3 is 20.4 Å². The summed E-state index contributed by atoms with van der Waals surface area (Å²) in [6, 6.07) is 7.24. The van der Waals surface area contributed by atoms with Gasteiger partial charge in [-0.15, -0.1) is 0 Å². The zero-order valence-electron chi connectivity index (χ0n) is 13.7.